The second-order valence-electron chi connectivity index (χ2n) is 7.29. The summed E-state index contributed by atoms with van der Waals surface area (Å²) in [4.78, 5) is 36.4. The molecule has 0 heterocycles. The molecule has 0 saturated heterocycles. The molecule has 0 bridgehead atoms. The molecule has 0 radical (unpaired) electrons. The van der Waals surface area contributed by atoms with Crippen LogP contribution in [0.1, 0.15) is 41.0 Å². The van der Waals surface area contributed by atoms with Crippen LogP contribution >= 0.6 is 0 Å². The minimum atomic E-state index is -0.249. The third-order valence-corrected chi connectivity index (χ3v) is 4.24. The molecular formula is C23H30N4O4. The first-order valence-electron chi connectivity index (χ1n) is 10.2. The quantitative estimate of drug-likeness (QED) is 0.413. The van der Waals surface area contributed by atoms with E-state index in [0.29, 0.717) is 30.0 Å². The topological polar surface area (TPSA) is 109 Å². The van der Waals surface area contributed by atoms with E-state index in [9.17, 15) is 14.4 Å². The van der Waals surface area contributed by atoms with Crippen molar-refractivity contribution >= 4 is 29.1 Å². The first kappa shape index (κ1) is 23.9. The van der Waals surface area contributed by atoms with Crippen molar-refractivity contribution in [2.24, 2.45) is 0 Å². The Bertz CT molecular complexity index is 881. The zero-order valence-electron chi connectivity index (χ0n) is 18.2. The van der Waals surface area contributed by atoms with Gasteiger partial charge in [-0.3, -0.25) is 14.4 Å². The van der Waals surface area contributed by atoms with Gasteiger partial charge in [-0.05, 0) is 62.7 Å². The smallest absolute Gasteiger partial charge is 0.251 e. The monoisotopic (exact) mass is 426 g/mol. The molecule has 2 rings (SSSR count). The third kappa shape index (κ3) is 8.47. The van der Waals surface area contributed by atoms with E-state index >= 15 is 0 Å². The molecule has 31 heavy (non-hydrogen) atoms. The van der Waals surface area contributed by atoms with Crippen LogP contribution in [0.4, 0.5) is 11.4 Å². The van der Waals surface area contributed by atoms with E-state index in [1.807, 2.05) is 13.8 Å². The van der Waals surface area contributed by atoms with Gasteiger partial charge in [0, 0.05) is 48.8 Å². The Kier molecular flexibility index (Phi) is 9.51. The number of anilines is 2. The standard InChI is InChI=1S/C23H30N4O4/c1-16(2)26-23(30)18-6-4-7-20(14-18)27-21(28)15-25-19-10-8-17(9-11-19)22(29)24-12-5-13-31-3/h4,6-11,14,16,25H,5,12-13,15H2,1-3H3,(H,24,29)(H,26,30)(H,27,28). The van der Waals surface area contributed by atoms with Crippen LogP contribution in [0, 0.1) is 0 Å². The van der Waals surface area contributed by atoms with Gasteiger partial charge in [0.15, 0.2) is 0 Å². The summed E-state index contributed by atoms with van der Waals surface area (Å²) in [6.45, 7) is 4.97. The van der Waals surface area contributed by atoms with E-state index in [2.05, 4.69) is 21.3 Å². The number of nitrogens with one attached hydrogen (secondary N) is 4. The van der Waals surface area contributed by atoms with Crippen LogP contribution in [-0.4, -0.2) is 50.6 Å². The molecule has 0 aliphatic heterocycles. The number of rotatable bonds is 11. The summed E-state index contributed by atoms with van der Waals surface area (Å²) in [7, 11) is 1.62. The Morgan fingerprint density at radius 1 is 0.935 bits per heavy atom. The number of amides is 3. The van der Waals surface area contributed by atoms with Gasteiger partial charge >= 0.3 is 0 Å². The van der Waals surface area contributed by atoms with Gasteiger partial charge in [-0.1, -0.05) is 6.07 Å². The highest BCUT2D eigenvalue weighted by Crippen LogP contribution is 2.12. The van der Waals surface area contributed by atoms with Gasteiger partial charge in [0.25, 0.3) is 11.8 Å². The molecule has 8 nitrogen and oxygen atoms in total. The van der Waals surface area contributed by atoms with E-state index in [-0.39, 0.29) is 30.3 Å². The molecule has 0 aromatic heterocycles. The van der Waals surface area contributed by atoms with Crippen LogP contribution in [0.2, 0.25) is 0 Å². The maximum Gasteiger partial charge on any atom is 0.251 e. The summed E-state index contributed by atoms with van der Waals surface area (Å²) in [6, 6.07) is 13.7. The zero-order valence-corrected chi connectivity index (χ0v) is 18.2. The van der Waals surface area contributed by atoms with Crippen molar-refractivity contribution in [3.8, 4) is 0 Å². The SMILES string of the molecule is COCCCNC(=O)c1ccc(NCC(=O)Nc2cccc(C(=O)NC(C)C)c2)cc1. The van der Waals surface area contributed by atoms with Crippen molar-refractivity contribution in [1.29, 1.82) is 0 Å². The Morgan fingerprint density at radius 3 is 2.35 bits per heavy atom. The molecule has 8 heteroatoms. The van der Waals surface area contributed by atoms with Crippen LogP contribution in [0.3, 0.4) is 0 Å². The fourth-order valence-electron chi connectivity index (χ4n) is 2.73. The van der Waals surface area contributed by atoms with Gasteiger partial charge in [0.2, 0.25) is 5.91 Å². The van der Waals surface area contributed by atoms with E-state index < -0.39 is 0 Å². The number of methoxy groups -OCH3 is 1. The predicted molar refractivity (Wildman–Crippen MR) is 121 cm³/mol. The molecule has 2 aromatic rings. The number of hydrogen-bond acceptors (Lipinski definition) is 5. The summed E-state index contributed by atoms with van der Waals surface area (Å²) in [5.74, 6) is -0.588. The lowest BCUT2D eigenvalue weighted by Gasteiger charge is -2.11. The fourth-order valence-corrected chi connectivity index (χ4v) is 2.73. The Labute approximate surface area is 182 Å². The lowest BCUT2D eigenvalue weighted by Crippen LogP contribution is -2.30. The minimum absolute atomic E-state index is 0.0306. The van der Waals surface area contributed by atoms with E-state index in [1.54, 1.807) is 55.6 Å². The van der Waals surface area contributed by atoms with Gasteiger partial charge in [0.1, 0.15) is 0 Å². The van der Waals surface area contributed by atoms with Gasteiger partial charge in [-0.2, -0.15) is 0 Å². The molecule has 0 aliphatic carbocycles. The fraction of sp³-hybridized carbons (Fsp3) is 0.348. The first-order valence-corrected chi connectivity index (χ1v) is 10.2. The molecule has 166 valence electrons. The normalized spacial score (nSPS) is 10.5. The van der Waals surface area contributed by atoms with Crippen molar-refractivity contribution < 1.29 is 19.1 Å². The number of carbonyl (C=O) groups excluding carboxylic acids is 3. The lowest BCUT2D eigenvalue weighted by atomic mass is 10.1. The van der Waals surface area contributed by atoms with Crippen molar-refractivity contribution in [3.63, 3.8) is 0 Å². The maximum absolute atomic E-state index is 12.2. The maximum atomic E-state index is 12.2. The number of benzene rings is 2. The molecule has 0 saturated carbocycles. The van der Waals surface area contributed by atoms with Crippen molar-refractivity contribution in [2.45, 2.75) is 26.3 Å². The largest absolute Gasteiger partial charge is 0.385 e. The van der Waals surface area contributed by atoms with Crippen LogP contribution in [-0.2, 0) is 9.53 Å². The second kappa shape index (κ2) is 12.3. The zero-order chi connectivity index (χ0) is 22.6. The van der Waals surface area contributed by atoms with Crippen LogP contribution in [0.5, 0.6) is 0 Å². The Morgan fingerprint density at radius 2 is 1.68 bits per heavy atom. The summed E-state index contributed by atoms with van der Waals surface area (Å²) in [6.07, 6.45) is 0.752. The number of hydrogen-bond donors (Lipinski definition) is 4. The lowest BCUT2D eigenvalue weighted by molar-refractivity contribution is -0.114. The third-order valence-electron chi connectivity index (χ3n) is 4.24. The first-order chi connectivity index (χ1) is 14.9. The van der Waals surface area contributed by atoms with Crippen LogP contribution in [0.15, 0.2) is 48.5 Å². The summed E-state index contributed by atoms with van der Waals surface area (Å²) in [5, 5.41) is 11.4. The number of carbonyl (C=O) groups is 3. The Hall–Kier alpha value is -3.39. The average Bonchev–Trinajstić information content (AvgIpc) is 2.75. The summed E-state index contributed by atoms with van der Waals surface area (Å²) < 4.78 is 4.95. The van der Waals surface area contributed by atoms with E-state index in [0.717, 1.165) is 12.1 Å². The van der Waals surface area contributed by atoms with Gasteiger partial charge < -0.3 is 26.0 Å². The molecule has 3 amide bonds. The van der Waals surface area contributed by atoms with Crippen molar-refractivity contribution in [2.75, 3.05) is 37.4 Å². The van der Waals surface area contributed by atoms with Crippen molar-refractivity contribution in [1.82, 2.24) is 10.6 Å². The van der Waals surface area contributed by atoms with Crippen molar-refractivity contribution in [3.05, 3.63) is 59.7 Å². The summed E-state index contributed by atoms with van der Waals surface area (Å²) >= 11 is 0. The molecular weight excluding hydrogens is 396 g/mol. The van der Waals surface area contributed by atoms with Gasteiger partial charge in [-0.25, -0.2) is 0 Å². The Balaban J connectivity index is 1.82. The molecule has 0 unspecified atom stereocenters. The summed E-state index contributed by atoms with van der Waals surface area (Å²) in [5.41, 5.74) is 2.29. The predicted octanol–water partition coefficient (Wildman–Crippen LogP) is 2.64. The highest BCUT2D eigenvalue weighted by molar-refractivity contribution is 5.98. The number of ether oxygens (including phenoxy) is 1. The van der Waals surface area contributed by atoms with E-state index in [1.165, 1.54) is 0 Å². The molecule has 0 aliphatic rings. The molecule has 0 spiro atoms. The van der Waals surface area contributed by atoms with Crippen LogP contribution < -0.4 is 21.3 Å². The van der Waals surface area contributed by atoms with Gasteiger partial charge in [-0.15, -0.1) is 0 Å². The van der Waals surface area contributed by atoms with Crippen LogP contribution in [0.25, 0.3) is 0 Å². The highest BCUT2D eigenvalue weighted by Gasteiger charge is 2.09. The molecule has 0 fully saturated rings. The molecule has 2 aromatic carbocycles. The average molecular weight is 427 g/mol. The second-order valence-corrected chi connectivity index (χ2v) is 7.29. The van der Waals surface area contributed by atoms with Gasteiger partial charge in [0.05, 0.1) is 6.54 Å². The van der Waals surface area contributed by atoms with E-state index in [4.69, 9.17) is 4.74 Å². The minimum Gasteiger partial charge on any atom is -0.385 e. The molecule has 4 N–H and O–H groups in total. The molecule has 0 atom stereocenters. The highest BCUT2D eigenvalue weighted by atomic mass is 16.5.